The second-order valence-corrected chi connectivity index (χ2v) is 7.82. The van der Waals surface area contributed by atoms with Gasteiger partial charge in [-0.25, -0.2) is 4.98 Å². The Kier molecular flexibility index (Phi) is 5.07. The third-order valence-electron chi connectivity index (χ3n) is 5.01. The number of carbonyl (C=O) groups excluding carboxylic acids is 2. The third kappa shape index (κ3) is 3.61. The lowest BCUT2D eigenvalue weighted by Crippen LogP contribution is -2.19. The van der Waals surface area contributed by atoms with E-state index in [0.29, 0.717) is 5.56 Å². The second-order valence-electron chi connectivity index (χ2n) is 6.95. The zero-order valence-electron chi connectivity index (χ0n) is 16.5. The van der Waals surface area contributed by atoms with Crippen LogP contribution >= 0.6 is 11.3 Å². The van der Waals surface area contributed by atoms with Crippen LogP contribution in [-0.2, 0) is 16.1 Å². The van der Waals surface area contributed by atoms with Crippen molar-refractivity contribution in [3.63, 3.8) is 0 Å². The van der Waals surface area contributed by atoms with Crippen LogP contribution in [0, 0.1) is 20.8 Å². The number of Topliss-reactive ketones (excluding diaryl/α,β-unsaturated/α-hetero) is 1. The summed E-state index contributed by atoms with van der Waals surface area (Å²) in [6.45, 7) is 5.55. The monoisotopic (exact) mass is 407 g/mol. The highest BCUT2D eigenvalue weighted by Crippen LogP contribution is 2.23. The molecule has 0 spiro atoms. The number of ether oxygens (including phenoxy) is 1. The van der Waals surface area contributed by atoms with Crippen molar-refractivity contribution in [2.24, 2.45) is 0 Å². The smallest absolute Gasteiger partial charge is 0.326 e. The number of hydrogen-bond acceptors (Lipinski definition) is 5. The molecule has 6 nitrogen and oxygen atoms in total. The summed E-state index contributed by atoms with van der Waals surface area (Å²) in [6.07, 6.45) is 1.73. The summed E-state index contributed by atoms with van der Waals surface area (Å²) in [4.78, 5) is 29.4. The van der Waals surface area contributed by atoms with E-state index in [9.17, 15) is 9.59 Å². The van der Waals surface area contributed by atoms with Crippen molar-refractivity contribution in [1.82, 2.24) is 14.1 Å². The number of para-hydroxylation sites is 1. The van der Waals surface area contributed by atoms with Gasteiger partial charge in [0.05, 0.1) is 0 Å². The lowest BCUT2D eigenvalue weighted by Gasteiger charge is -2.09. The van der Waals surface area contributed by atoms with Gasteiger partial charge in [0.15, 0.2) is 11.7 Å². The van der Waals surface area contributed by atoms with Crippen molar-refractivity contribution in [1.29, 1.82) is 0 Å². The molecular weight excluding hydrogens is 386 g/mol. The molecule has 0 N–H and O–H groups in total. The van der Waals surface area contributed by atoms with Crippen LogP contribution in [0.5, 0.6) is 0 Å². The maximum atomic E-state index is 12.7. The first-order valence-electron chi connectivity index (χ1n) is 9.28. The quantitative estimate of drug-likeness (QED) is 0.354. The number of fused-ring (bicyclic) bond motifs is 1. The summed E-state index contributed by atoms with van der Waals surface area (Å²) >= 11 is 1.50. The van der Waals surface area contributed by atoms with Gasteiger partial charge in [-0.3, -0.25) is 14.2 Å². The molecular formula is C22H21N3O3S. The van der Waals surface area contributed by atoms with Crippen molar-refractivity contribution >= 4 is 34.0 Å². The Morgan fingerprint density at radius 3 is 2.66 bits per heavy atom. The summed E-state index contributed by atoms with van der Waals surface area (Å²) in [5, 5.41) is 3.78. The molecule has 3 aromatic heterocycles. The Hall–Kier alpha value is -3.19. The van der Waals surface area contributed by atoms with Gasteiger partial charge in [-0.1, -0.05) is 18.2 Å². The molecule has 4 rings (SSSR count). The Bertz CT molecular complexity index is 1200. The zero-order valence-corrected chi connectivity index (χ0v) is 17.3. The maximum absolute atomic E-state index is 12.7. The predicted octanol–water partition coefficient (Wildman–Crippen LogP) is 4.24. The van der Waals surface area contributed by atoms with Gasteiger partial charge >= 0.3 is 5.97 Å². The van der Waals surface area contributed by atoms with Crippen LogP contribution in [0.4, 0.5) is 0 Å². The van der Waals surface area contributed by atoms with Gasteiger partial charge in [-0.2, -0.15) is 0 Å². The standard InChI is InChI=1S/C22H21N3O3S/c1-14-10-17-6-4-5-7-19(17)24(14)12-21(27)28-13-20(26)18-11-15(2)25(16(18)3)22-23-8-9-29-22/h4-11H,12-13H2,1-3H3. The van der Waals surface area contributed by atoms with E-state index in [1.807, 2.05) is 71.7 Å². The molecule has 0 saturated heterocycles. The van der Waals surface area contributed by atoms with Gasteiger partial charge in [-0.05, 0) is 44.4 Å². The summed E-state index contributed by atoms with van der Waals surface area (Å²) < 4.78 is 9.14. The van der Waals surface area contributed by atoms with E-state index in [4.69, 9.17) is 4.74 Å². The normalized spacial score (nSPS) is 11.1. The number of thiazole rings is 1. The SMILES string of the molecule is Cc1cc(C(=O)COC(=O)Cn2c(C)cc3ccccc32)c(C)n1-c1nccs1. The van der Waals surface area contributed by atoms with E-state index >= 15 is 0 Å². The van der Waals surface area contributed by atoms with Crippen molar-refractivity contribution < 1.29 is 14.3 Å². The number of hydrogen-bond donors (Lipinski definition) is 0. The number of nitrogens with zero attached hydrogens (tertiary/aromatic N) is 3. The minimum atomic E-state index is -0.434. The fourth-order valence-electron chi connectivity index (χ4n) is 3.62. The number of aromatic nitrogens is 3. The summed E-state index contributed by atoms with van der Waals surface area (Å²) in [5.74, 6) is -0.653. The first-order valence-corrected chi connectivity index (χ1v) is 10.2. The number of aryl methyl sites for hydroxylation is 2. The Morgan fingerprint density at radius 2 is 1.90 bits per heavy atom. The van der Waals surface area contributed by atoms with Crippen LogP contribution < -0.4 is 0 Å². The first-order chi connectivity index (χ1) is 14.0. The second kappa shape index (κ2) is 7.67. The highest BCUT2D eigenvalue weighted by atomic mass is 32.1. The minimum absolute atomic E-state index is 0.0742. The highest BCUT2D eigenvalue weighted by molar-refractivity contribution is 7.12. The number of rotatable bonds is 6. The average Bonchev–Trinajstić information content (AvgIpc) is 3.39. The number of benzene rings is 1. The molecule has 0 radical (unpaired) electrons. The van der Waals surface area contributed by atoms with E-state index in [0.717, 1.165) is 33.1 Å². The van der Waals surface area contributed by atoms with Crippen molar-refractivity contribution in [3.8, 4) is 5.13 Å². The Labute approximate surface area is 172 Å². The molecule has 3 heterocycles. The van der Waals surface area contributed by atoms with E-state index in [2.05, 4.69) is 4.98 Å². The Morgan fingerprint density at radius 1 is 1.10 bits per heavy atom. The molecule has 29 heavy (non-hydrogen) atoms. The van der Waals surface area contributed by atoms with Crippen molar-refractivity contribution in [2.75, 3.05) is 6.61 Å². The lowest BCUT2D eigenvalue weighted by atomic mass is 10.1. The van der Waals surface area contributed by atoms with Crippen LogP contribution in [0.2, 0.25) is 0 Å². The van der Waals surface area contributed by atoms with Gasteiger partial charge < -0.3 is 9.30 Å². The van der Waals surface area contributed by atoms with Crippen LogP contribution in [0.1, 0.15) is 27.4 Å². The fourth-order valence-corrected chi connectivity index (χ4v) is 4.37. The first kappa shape index (κ1) is 19.1. The maximum Gasteiger partial charge on any atom is 0.326 e. The Balaban J connectivity index is 1.45. The van der Waals surface area contributed by atoms with Gasteiger partial charge in [-0.15, -0.1) is 11.3 Å². The topological polar surface area (TPSA) is 66.1 Å². The molecule has 0 aliphatic rings. The average molecular weight is 407 g/mol. The largest absolute Gasteiger partial charge is 0.456 e. The van der Waals surface area contributed by atoms with Crippen LogP contribution in [0.15, 0.2) is 48.0 Å². The van der Waals surface area contributed by atoms with Crippen LogP contribution in [0.25, 0.3) is 16.0 Å². The zero-order chi connectivity index (χ0) is 20.5. The number of carbonyl (C=O) groups is 2. The van der Waals surface area contributed by atoms with Gasteiger partial charge in [0.1, 0.15) is 6.54 Å². The summed E-state index contributed by atoms with van der Waals surface area (Å²) in [5.41, 5.74) is 4.21. The molecule has 1 aromatic carbocycles. The predicted molar refractivity (Wildman–Crippen MR) is 113 cm³/mol. The van der Waals surface area contributed by atoms with E-state index < -0.39 is 5.97 Å². The van der Waals surface area contributed by atoms with Crippen LogP contribution in [0.3, 0.4) is 0 Å². The minimum Gasteiger partial charge on any atom is -0.456 e. The third-order valence-corrected chi connectivity index (χ3v) is 5.77. The van der Waals surface area contributed by atoms with E-state index in [1.54, 1.807) is 6.20 Å². The fraction of sp³-hybridized carbons (Fsp3) is 0.227. The van der Waals surface area contributed by atoms with E-state index in [1.165, 1.54) is 11.3 Å². The van der Waals surface area contributed by atoms with Crippen molar-refractivity contribution in [3.05, 3.63) is 70.6 Å². The molecule has 0 amide bonds. The molecule has 7 heteroatoms. The molecule has 0 atom stereocenters. The molecule has 0 aliphatic heterocycles. The van der Waals surface area contributed by atoms with Gasteiger partial charge in [0, 0.05) is 39.7 Å². The molecule has 0 bridgehead atoms. The lowest BCUT2D eigenvalue weighted by molar-refractivity contribution is -0.143. The number of ketones is 1. The summed E-state index contributed by atoms with van der Waals surface area (Å²) in [7, 11) is 0. The molecule has 0 unspecified atom stereocenters. The molecule has 4 aromatic rings. The highest BCUT2D eigenvalue weighted by Gasteiger charge is 2.19. The molecule has 0 fully saturated rings. The molecule has 148 valence electrons. The molecule has 0 saturated carbocycles. The number of esters is 1. The van der Waals surface area contributed by atoms with E-state index in [-0.39, 0.29) is 18.9 Å². The van der Waals surface area contributed by atoms with Gasteiger partial charge in [0.25, 0.3) is 0 Å². The van der Waals surface area contributed by atoms with Crippen LogP contribution in [-0.4, -0.2) is 32.5 Å². The van der Waals surface area contributed by atoms with Crippen molar-refractivity contribution in [2.45, 2.75) is 27.3 Å². The van der Waals surface area contributed by atoms with Gasteiger partial charge in [0.2, 0.25) is 5.78 Å². The molecule has 0 aliphatic carbocycles. The summed E-state index contributed by atoms with van der Waals surface area (Å²) in [6, 6.07) is 11.7.